The van der Waals surface area contributed by atoms with Gasteiger partial charge in [-0.3, -0.25) is 0 Å². The summed E-state index contributed by atoms with van der Waals surface area (Å²) >= 11 is 0. The molecule has 8 nitrogen and oxygen atoms in total. The molecule has 0 aliphatic heterocycles. The van der Waals surface area contributed by atoms with E-state index in [4.69, 9.17) is 9.78 Å². The predicted molar refractivity (Wildman–Crippen MR) is 102 cm³/mol. The van der Waals surface area contributed by atoms with Crippen molar-refractivity contribution in [3.63, 3.8) is 0 Å². The van der Waals surface area contributed by atoms with Gasteiger partial charge in [0, 0.05) is 18.1 Å². The molecular formula is C21H17N5O3. The van der Waals surface area contributed by atoms with Gasteiger partial charge in [0.05, 0.1) is 24.6 Å². The SMILES string of the molecule is CCc1nc(-c2cccc(-c3c([O-])[n+](CCC#N)c4ccccn4c3=O)c2)no1. The molecule has 0 aliphatic rings. The smallest absolute Gasteiger partial charge is 0.349 e. The Hall–Kier alpha value is -3.99. The Labute approximate surface area is 165 Å². The van der Waals surface area contributed by atoms with E-state index in [2.05, 4.69) is 10.1 Å². The van der Waals surface area contributed by atoms with E-state index in [-0.39, 0.29) is 18.5 Å². The van der Waals surface area contributed by atoms with Crippen molar-refractivity contribution < 1.29 is 14.2 Å². The van der Waals surface area contributed by atoms with Crippen LogP contribution < -0.4 is 15.2 Å². The van der Waals surface area contributed by atoms with E-state index in [0.29, 0.717) is 34.9 Å². The standard InChI is InChI=1S/C21H17N5O3/c1-2-16-23-19(24-29-16)15-8-5-7-14(13-15)18-20(27)25-11-4-3-9-17(25)26(21(18)28)12-6-10-22/h3-5,7-9,11,13H,2,6,12H2,1H3. The third kappa shape index (κ3) is 3.23. The fourth-order valence-electron chi connectivity index (χ4n) is 3.23. The fraction of sp³-hybridized carbons (Fsp3) is 0.190. The van der Waals surface area contributed by atoms with Crippen LogP contribution in [0.3, 0.4) is 0 Å². The van der Waals surface area contributed by atoms with Crippen LogP contribution in [0, 0.1) is 11.3 Å². The van der Waals surface area contributed by atoms with Gasteiger partial charge >= 0.3 is 5.56 Å². The Morgan fingerprint density at radius 3 is 2.83 bits per heavy atom. The highest BCUT2D eigenvalue weighted by Gasteiger charge is 2.20. The van der Waals surface area contributed by atoms with Crippen LogP contribution in [-0.4, -0.2) is 14.5 Å². The lowest BCUT2D eigenvalue weighted by molar-refractivity contribution is -0.714. The van der Waals surface area contributed by atoms with Crippen LogP contribution in [0.4, 0.5) is 0 Å². The first kappa shape index (κ1) is 18.4. The molecular weight excluding hydrogens is 370 g/mol. The molecule has 4 rings (SSSR count). The van der Waals surface area contributed by atoms with Crippen molar-refractivity contribution in [2.75, 3.05) is 0 Å². The van der Waals surface area contributed by atoms with Crippen LogP contribution in [0.15, 0.2) is 58.0 Å². The molecule has 0 saturated carbocycles. The molecule has 0 fully saturated rings. The van der Waals surface area contributed by atoms with Gasteiger partial charge < -0.3 is 9.63 Å². The lowest BCUT2D eigenvalue weighted by Crippen LogP contribution is -2.43. The minimum Gasteiger partial charge on any atom is -0.842 e. The zero-order valence-electron chi connectivity index (χ0n) is 15.7. The van der Waals surface area contributed by atoms with E-state index in [0.717, 1.165) is 0 Å². The molecule has 3 aromatic heterocycles. The summed E-state index contributed by atoms with van der Waals surface area (Å²) in [6, 6.07) is 14.1. The number of aryl methyl sites for hydroxylation is 2. The molecule has 0 unspecified atom stereocenters. The molecule has 0 amide bonds. The number of rotatable bonds is 5. The first-order valence-corrected chi connectivity index (χ1v) is 9.18. The largest absolute Gasteiger partial charge is 0.842 e. The van der Waals surface area contributed by atoms with Crippen molar-refractivity contribution in [2.45, 2.75) is 26.3 Å². The number of aromatic nitrogens is 4. The van der Waals surface area contributed by atoms with Crippen molar-refractivity contribution in [1.82, 2.24) is 14.5 Å². The predicted octanol–water partition coefficient (Wildman–Crippen LogP) is 1.85. The lowest BCUT2D eigenvalue weighted by Gasteiger charge is -2.16. The molecule has 0 radical (unpaired) electrons. The number of nitrogens with zero attached hydrogens (tertiary/aromatic N) is 5. The monoisotopic (exact) mass is 387 g/mol. The van der Waals surface area contributed by atoms with E-state index < -0.39 is 11.4 Å². The molecule has 8 heteroatoms. The number of pyridine rings is 1. The van der Waals surface area contributed by atoms with Crippen LogP contribution in [0.2, 0.25) is 0 Å². The Balaban J connectivity index is 1.93. The number of fused-ring (bicyclic) bond motifs is 1. The minimum atomic E-state index is -0.434. The van der Waals surface area contributed by atoms with Crippen molar-refractivity contribution in [3.8, 4) is 34.5 Å². The summed E-state index contributed by atoms with van der Waals surface area (Å²) in [5, 5.41) is 26.1. The highest BCUT2D eigenvalue weighted by atomic mass is 16.5. The summed E-state index contributed by atoms with van der Waals surface area (Å²) < 4.78 is 8.03. The fourth-order valence-corrected chi connectivity index (χ4v) is 3.23. The van der Waals surface area contributed by atoms with E-state index in [9.17, 15) is 9.90 Å². The molecule has 0 atom stereocenters. The van der Waals surface area contributed by atoms with Crippen molar-refractivity contribution in [1.29, 1.82) is 5.26 Å². The van der Waals surface area contributed by atoms with E-state index in [1.165, 1.54) is 8.97 Å². The summed E-state index contributed by atoms with van der Waals surface area (Å²) in [5.41, 5.74) is 1.17. The number of nitriles is 1. The molecule has 0 aliphatic carbocycles. The van der Waals surface area contributed by atoms with Crippen LogP contribution >= 0.6 is 0 Å². The van der Waals surface area contributed by atoms with E-state index in [1.807, 2.05) is 13.0 Å². The normalized spacial score (nSPS) is 10.9. The second-order valence-corrected chi connectivity index (χ2v) is 6.42. The quantitative estimate of drug-likeness (QED) is 0.483. The highest BCUT2D eigenvalue weighted by Crippen LogP contribution is 2.26. The van der Waals surface area contributed by atoms with Gasteiger partial charge in [0.25, 0.3) is 5.65 Å². The molecule has 3 heterocycles. The van der Waals surface area contributed by atoms with Gasteiger partial charge in [0.2, 0.25) is 11.7 Å². The maximum Gasteiger partial charge on any atom is 0.349 e. The molecule has 4 aromatic rings. The highest BCUT2D eigenvalue weighted by molar-refractivity contribution is 5.72. The Morgan fingerprint density at radius 1 is 1.24 bits per heavy atom. The maximum atomic E-state index is 13.2. The molecule has 144 valence electrons. The van der Waals surface area contributed by atoms with Crippen molar-refractivity contribution in [3.05, 3.63) is 64.9 Å². The number of benzene rings is 1. The lowest BCUT2D eigenvalue weighted by atomic mass is 10.0. The van der Waals surface area contributed by atoms with Gasteiger partial charge in [0.15, 0.2) is 0 Å². The third-order valence-electron chi connectivity index (χ3n) is 4.63. The zero-order valence-corrected chi connectivity index (χ0v) is 15.7. The first-order valence-electron chi connectivity index (χ1n) is 9.18. The van der Waals surface area contributed by atoms with Gasteiger partial charge in [-0.1, -0.05) is 36.3 Å². The van der Waals surface area contributed by atoms with Gasteiger partial charge in [0.1, 0.15) is 12.1 Å². The summed E-state index contributed by atoms with van der Waals surface area (Å²) in [5.74, 6) is 0.473. The average Bonchev–Trinajstić information content (AvgIpc) is 3.23. The Bertz CT molecular complexity index is 1300. The summed E-state index contributed by atoms with van der Waals surface area (Å²) in [7, 11) is 0. The van der Waals surface area contributed by atoms with Crippen molar-refractivity contribution in [2.24, 2.45) is 0 Å². The van der Waals surface area contributed by atoms with Crippen LogP contribution in [0.1, 0.15) is 19.2 Å². The van der Waals surface area contributed by atoms with E-state index in [1.54, 1.807) is 48.7 Å². The number of hydrogen-bond donors (Lipinski definition) is 0. The number of hydrogen-bond acceptors (Lipinski definition) is 6. The molecule has 0 N–H and O–H groups in total. The second kappa shape index (κ2) is 7.56. The molecule has 29 heavy (non-hydrogen) atoms. The third-order valence-corrected chi connectivity index (χ3v) is 4.63. The van der Waals surface area contributed by atoms with Crippen LogP contribution in [0.25, 0.3) is 28.2 Å². The Morgan fingerprint density at radius 2 is 2.07 bits per heavy atom. The first-order chi connectivity index (χ1) is 14.1. The van der Waals surface area contributed by atoms with Crippen LogP contribution in [0.5, 0.6) is 5.88 Å². The van der Waals surface area contributed by atoms with Gasteiger partial charge in [-0.15, -0.1) is 0 Å². The second-order valence-electron chi connectivity index (χ2n) is 6.42. The Kier molecular flexibility index (Phi) is 4.79. The molecule has 1 aromatic carbocycles. The summed E-state index contributed by atoms with van der Waals surface area (Å²) in [6.07, 6.45) is 2.38. The summed E-state index contributed by atoms with van der Waals surface area (Å²) in [4.78, 5) is 17.4. The molecule has 0 bridgehead atoms. The van der Waals surface area contributed by atoms with Gasteiger partial charge in [-0.25, -0.2) is 9.36 Å². The molecule has 0 spiro atoms. The van der Waals surface area contributed by atoms with Crippen molar-refractivity contribution >= 4 is 5.65 Å². The minimum absolute atomic E-state index is 0.0349. The van der Waals surface area contributed by atoms with Gasteiger partial charge in [-0.05, 0) is 17.7 Å². The van der Waals surface area contributed by atoms with Crippen LogP contribution in [-0.2, 0) is 13.0 Å². The van der Waals surface area contributed by atoms with E-state index >= 15 is 0 Å². The maximum absolute atomic E-state index is 13.2. The average molecular weight is 387 g/mol. The molecule has 0 saturated heterocycles. The van der Waals surface area contributed by atoms with Gasteiger partial charge in [-0.2, -0.15) is 14.6 Å². The topological polar surface area (TPSA) is 111 Å². The summed E-state index contributed by atoms with van der Waals surface area (Å²) in [6.45, 7) is 2.11. The zero-order chi connectivity index (χ0) is 20.4.